The van der Waals surface area contributed by atoms with Crippen molar-refractivity contribution in [1.82, 2.24) is 19.3 Å². The van der Waals surface area contributed by atoms with E-state index in [0.717, 1.165) is 11.4 Å². The van der Waals surface area contributed by atoms with E-state index in [1.54, 1.807) is 46.6 Å². The van der Waals surface area contributed by atoms with Gasteiger partial charge in [0.15, 0.2) is 5.65 Å². The molecule has 118 valence electrons. The molecule has 0 aliphatic carbocycles. The van der Waals surface area contributed by atoms with Crippen LogP contribution in [0.15, 0.2) is 65.6 Å². The monoisotopic (exact) mass is 317 g/mol. The number of aromatic nitrogens is 4. The van der Waals surface area contributed by atoms with E-state index >= 15 is 0 Å². The SMILES string of the molecule is Cc1nc2c(cnn2-c2ccccc2)c(=O)n1-c1ccc(N)cc1. The first-order valence-electron chi connectivity index (χ1n) is 7.54. The van der Waals surface area contributed by atoms with Crippen LogP contribution in [0.3, 0.4) is 0 Å². The van der Waals surface area contributed by atoms with Gasteiger partial charge in [-0.3, -0.25) is 9.36 Å². The van der Waals surface area contributed by atoms with Crippen LogP contribution >= 0.6 is 0 Å². The van der Waals surface area contributed by atoms with Gasteiger partial charge in [0, 0.05) is 5.69 Å². The van der Waals surface area contributed by atoms with Gasteiger partial charge in [0.05, 0.1) is 17.6 Å². The standard InChI is InChI=1S/C18H15N5O/c1-12-21-17-16(11-20-23(17)15-5-3-2-4-6-15)18(24)22(12)14-9-7-13(19)8-10-14/h2-11H,19H2,1H3. The van der Waals surface area contributed by atoms with Crippen molar-refractivity contribution in [2.45, 2.75) is 6.92 Å². The number of hydrogen-bond acceptors (Lipinski definition) is 4. The number of aryl methyl sites for hydroxylation is 1. The lowest BCUT2D eigenvalue weighted by Crippen LogP contribution is -2.22. The van der Waals surface area contributed by atoms with Crippen LogP contribution in [0, 0.1) is 6.92 Å². The molecule has 2 aromatic carbocycles. The Hall–Kier alpha value is -3.41. The molecule has 4 aromatic rings. The lowest BCUT2D eigenvalue weighted by molar-refractivity contribution is 0.859. The molecular formula is C18H15N5O. The minimum atomic E-state index is -0.149. The Bertz CT molecular complexity index is 1080. The van der Waals surface area contributed by atoms with Crippen molar-refractivity contribution in [1.29, 1.82) is 0 Å². The fourth-order valence-corrected chi connectivity index (χ4v) is 2.76. The van der Waals surface area contributed by atoms with Crippen molar-refractivity contribution in [2.75, 3.05) is 5.73 Å². The lowest BCUT2D eigenvalue weighted by atomic mass is 10.2. The number of fused-ring (bicyclic) bond motifs is 1. The highest BCUT2D eigenvalue weighted by Crippen LogP contribution is 2.17. The second-order valence-electron chi connectivity index (χ2n) is 5.52. The molecule has 6 nitrogen and oxygen atoms in total. The van der Waals surface area contributed by atoms with Gasteiger partial charge in [-0.15, -0.1) is 0 Å². The molecule has 0 saturated heterocycles. The van der Waals surface area contributed by atoms with E-state index in [-0.39, 0.29) is 5.56 Å². The maximum atomic E-state index is 12.9. The van der Waals surface area contributed by atoms with Crippen LogP contribution < -0.4 is 11.3 Å². The van der Waals surface area contributed by atoms with Crippen LogP contribution in [0.4, 0.5) is 5.69 Å². The van der Waals surface area contributed by atoms with Gasteiger partial charge in [-0.1, -0.05) is 18.2 Å². The van der Waals surface area contributed by atoms with Crippen molar-refractivity contribution in [2.24, 2.45) is 0 Å². The van der Waals surface area contributed by atoms with Gasteiger partial charge in [-0.05, 0) is 43.3 Å². The average molecular weight is 317 g/mol. The molecule has 6 heteroatoms. The summed E-state index contributed by atoms with van der Waals surface area (Å²) in [5.41, 5.74) is 8.37. The molecule has 0 saturated carbocycles. The summed E-state index contributed by atoms with van der Waals surface area (Å²) in [6.07, 6.45) is 1.56. The van der Waals surface area contributed by atoms with Crippen LogP contribution in [0.25, 0.3) is 22.4 Å². The fraction of sp³-hybridized carbons (Fsp3) is 0.0556. The van der Waals surface area contributed by atoms with Crippen molar-refractivity contribution in [3.8, 4) is 11.4 Å². The van der Waals surface area contributed by atoms with Crippen molar-refractivity contribution < 1.29 is 0 Å². The molecule has 0 aliphatic heterocycles. The molecule has 0 spiro atoms. The summed E-state index contributed by atoms with van der Waals surface area (Å²) in [6.45, 7) is 1.81. The Morgan fingerprint density at radius 2 is 1.67 bits per heavy atom. The molecule has 4 rings (SSSR count). The van der Waals surface area contributed by atoms with Crippen LogP contribution in [-0.2, 0) is 0 Å². The number of nitrogens with zero attached hydrogens (tertiary/aromatic N) is 4. The number of rotatable bonds is 2. The number of hydrogen-bond donors (Lipinski definition) is 1. The van der Waals surface area contributed by atoms with E-state index in [2.05, 4.69) is 10.1 Å². The highest BCUT2D eigenvalue weighted by Gasteiger charge is 2.14. The van der Waals surface area contributed by atoms with E-state index in [4.69, 9.17) is 5.73 Å². The maximum absolute atomic E-state index is 12.9. The summed E-state index contributed by atoms with van der Waals surface area (Å²) in [5, 5.41) is 4.81. The smallest absolute Gasteiger partial charge is 0.269 e. The molecule has 24 heavy (non-hydrogen) atoms. The zero-order valence-electron chi connectivity index (χ0n) is 13.0. The van der Waals surface area contributed by atoms with Crippen molar-refractivity contribution in [3.63, 3.8) is 0 Å². The summed E-state index contributed by atoms with van der Waals surface area (Å²) in [7, 11) is 0. The molecule has 0 aliphatic rings. The van der Waals surface area contributed by atoms with Gasteiger partial charge in [0.25, 0.3) is 5.56 Å². The summed E-state index contributed by atoms with van der Waals surface area (Å²) in [4.78, 5) is 17.5. The number of anilines is 1. The van der Waals surface area contributed by atoms with E-state index in [1.807, 2.05) is 30.3 Å². The second-order valence-corrected chi connectivity index (χ2v) is 5.52. The van der Waals surface area contributed by atoms with Crippen LogP contribution in [-0.4, -0.2) is 19.3 Å². The van der Waals surface area contributed by atoms with E-state index in [1.165, 1.54) is 0 Å². The van der Waals surface area contributed by atoms with Gasteiger partial charge in [-0.2, -0.15) is 5.10 Å². The molecule has 2 aromatic heterocycles. The summed E-state index contributed by atoms with van der Waals surface area (Å²) in [5.74, 6) is 0.593. The third-order valence-electron chi connectivity index (χ3n) is 3.92. The quantitative estimate of drug-likeness (QED) is 0.576. The molecule has 0 fully saturated rings. The van der Waals surface area contributed by atoms with E-state index in [9.17, 15) is 4.79 Å². The predicted octanol–water partition coefficient (Wildman–Crippen LogP) is 2.46. The molecule has 0 unspecified atom stereocenters. The predicted molar refractivity (Wildman–Crippen MR) is 93.6 cm³/mol. The Kier molecular flexibility index (Phi) is 3.16. The van der Waals surface area contributed by atoms with Gasteiger partial charge >= 0.3 is 0 Å². The molecular weight excluding hydrogens is 302 g/mol. The average Bonchev–Trinajstić information content (AvgIpc) is 3.01. The normalized spacial score (nSPS) is 11.0. The summed E-state index contributed by atoms with van der Waals surface area (Å²) < 4.78 is 3.25. The topological polar surface area (TPSA) is 78.7 Å². The van der Waals surface area contributed by atoms with E-state index in [0.29, 0.717) is 22.5 Å². The zero-order chi connectivity index (χ0) is 16.7. The number of nitrogens with two attached hydrogens (primary N) is 1. The molecule has 2 heterocycles. The number of benzene rings is 2. The number of para-hydroxylation sites is 1. The van der Waals surface area contributed by atoms with Crippen molar-refractivity contribution in [3.05, 3.63) is 77.0 Å². The highest BCUT2D eigenvalue weighted by atomic mass is 16.1. The molecule has 0 amide bonds. The minimum Gasteiger partial charge on any atom is -0.399 e. The third kappa shape index (κ3) is 2.16. The van der Waals surface area contributed by atoms with Gasteiger partial charge in [0.2, 0.25) is 0 Å². The molecule has 0 radical (unpaired) electrons. The van der Waals surface area contributed by atoms with Crippen LogP contribution in [0.1, 0.15) is 5.82 Å². The maximum Gasteiger partial charge on any atom is 0.269 e. The van der Waals surface area contributed by atoms with Gasteiger partial charge < -0.3 is 5.73 Å². The Morgan fingerprint density at radius 3 is 2.38 bits per heavy atom. The van der Waals surface area contributed by atoms with Gasteiger partial charge in [0.1, 0.15) is 11.2 Å². The molecule has 2 N–H and O–H groups in total. The number of nitrogen functional groups attached to an aromatic ring is 1. The molecule has 0 atom stereocenters. The minimum absolute atomic E-state index is 0.149. The third-order valence-corrected chi connectivity index (χ3v) is 3.92. The van der Waals surface area contributed by atoms with Crippen LogP contribution in [0.5, 0.6) is 0 Å². The Labute approximate surface area is 137 Å². The first-order valence-corrected chi connectivity index (χ1v) is 7.54. The lowest BCUT2D eigenvalue weighted by Gasteiger charge is -2.10. The Morgan fingerprint density at radius 1 is 0.958 bits per heavy atom. The van der Waals surface area contributed by atoms with Crippen molar-refractivity contribution >= 4 is 16.7 Å². The largest absolute Gasteiger partial charge is 0.399 e. The highest BCUT2D eigenvalue weighted by molar-refractivity contribution is 5.75. The summed E-state index contributed by atoms with van der Waals surface area (Å²) >= 11 is 0. The first-order chi connectivity index (χ1) is 11.6. The zero-order valence-corrected chi connectivity index (χ0v) is 13.0. The van der Waals surface area contributed by atoms with E-state index < -0.39 is 0 Å². The fourth-order valence-electron chi connectivity index (χ4n) is 2.76. The first kappa shape index (κ1) is 14.2. The Balaban J connectivity index is 1.97. The van der Waals surface area contributed by atoms with Crippen LogP contribution in [0.2, 0.25) is 0 Å². The summed E-state index contributed by atoms with van der Waals surface area (Å²) in [6, 6.07) is 16.8. The second kappa shape index (κ2) is 5.34. The van der Waals surface area contributed by atoms with Gasteiger partial charge in [-0.25, -0.2) is 9.67 Å². The molecule has 0 bridgehead atoms.